The van der Waals surface area contributed by atoms with Crippen molar-refractivity contribution in [2.24, 2.45) is 0 Å². The Balaban J connectivity index is 2.07. The molecule has 0 spiro atoms. The van der Waals surface area contributed by atoms with Gasteiger partial charge < -0.3 is 4.74 Å². The molecule has 0 radical (unpaired) electrons. The number of ketones is 1. The second-order valence-electron chi connectivity index (χ2n) is 4.10. The maximum absolute atomic E-state index is 11.4. The van der Waals surface area contributed by atoms with E-state index in [1.807, 2.05) is 0 Å². The monoisotopic (exact) mass is 197 g/mol. The number of fused-ring (bicyclic) bond motifs is 1. The number of amides is 1. The minimum absolute atomic E-state index is 0.0215. The summed E-state index contributed by atoms with van der Waals surface area (Å²) < 4.78 is 5.21. The first-order valence-corrected chi connectivity index (χ1v) is 5.15. The average Bonchev–Trinajstić information content (AvgIpc) is 2.43. The zero-order chi connectivity index (χ0) is 10.1. The van der Waals surface area contributed by atoms with Crippen LogP contribution in [0.25, 0.3) is 0 Å². The number of Topliss-reactive ketones (excluding diaryl/α,β-unsaturated/α-hetero) is 1. The van der Waals surface area contributed by atoms with Crippen LogP contribution in [0.4, 0.5) is 4.79 Å². The van der Waals surface area contributed by atoms with Crippen molar-refractivity contribution in [2.75, 3.05) is 6.54 Å². The average molecular weight is 197 g/mol. The second-order valence-corrected chi connectivity index (χ2v) is 4.10. The minimum atomic E-state index is -0.308. The summed E-state index contributed by atoms with van der Waals surface area (Å²) in [6.07, 6.45) is 3.91. The number of ether oxygens (including phenoxy) is 1. The Morgan fingerprint density at radius 3 is 2.93 bits per heavy atom. The molecule has 0 bridgehead atoms. The van der Waals surface area contributed by atoms with Crippen LogP contribution in [-0.2, 0) is 9.53 Å². The summed E-state index contributed by atoms with van der Waals surface area (Å²) in [5.74, 6) is 0.0215. The van der Waals surface area contributed by atoms with Crippen LogP contribution < -0.4 is 0 Å². The lowest BCUT2D eigenvalue weighted by Crippen LogP contribution is -2.40. The normalized spacial score (nSPS) is 31.2. The molecule has 1 heterocycles. The Bertz CT molecular complexity index is 264. The molecule has 2 fully saturated rings. The van der Waals surface area contributed by atoms with E-state index >= 15 is 0 Å². The van der Waals surface area contributed by atoms with E-state index in [4.69, 9.17) is 4.74 Å². The molecule has 1 amide bonds. The summed E-state index contributed by atoms with van der Waals surface area (Å²) in [6.45, 7) is 1.71. The first-order chi connectivity index (χ1) is 6.68. The summed E-state index contributed by atoms with van der Waals surface area (Å²) in [5, 5.41) is 0. The van der Waals surface area contributed by atoms with Crippen LogP contribution in [0.15, 0.2) is 0 Å². The van der Waals surface area contributed by atoms with Gasteiger partial charge in [-0.15, -0.1) is 0 Å². The quantitative estimate of drug-likeness (QED) is 0.671. The molecule has 2 atom stereocenters. The standard InChI is InChI=1S/C10H15NO3/c1-7(12)6-11-8-4-2-3-5-9(8)14-10(11)13/h8-9H,2-6H2,1H3. The van der Waals surface area contributed by atoms with Gasteiger partial charge in [-0.05, 0) is 26.2 Å². The topological polar surface area (TPSA) is 46.6 Å². The Hall–Kier alpha value is -1.06. The van der Waals surface area contributed by atoms with E-state index < -0.39 is 0 Å². The SMILES string of the molecule is CC(=O)CN1C(=O)OC2CCCCC21. The smallest absolute Gasteiger partial charge is 0.410 e. The lowest BCUT2D eigenvalue weighted by Gasteiger charge is -2.27. The van der Waals surface area contributed by atoms with Crippen molar-refractivity contribution in [3.63, 3.8) is 0 Å². The molecule has 4 nitrogen and oxygen atoms in total. The van der Waals surface area contributed by atoms with Gasteiger partial charge in [0.25, 0.3) is 0 Å². The number of nitrogens with zero attached hydrogens (tertiary/aromatic N) is 1. The van der Waals surface area contributed by atoms with Gasteiger partial charge in [-0.2, -0.15) is 0 Å². The van der Waals surface area contributed by atoms with Crippen molar-refractivity contribution < 1.29 is 14.3 Å². The molecule has 2 aliphatic rings. The van der Waals surface area contributed by atoms with Crippen LogP contribution >= 0.6 is 0 Å². The highest BCUT2D eigenvalue weighted by atomic mass is 16.6. The van der Waals surface area contributed by atoms with Gasteiger partial charge in [0.05, 0.1) is 12.6 Å². The summed E-state index contributed by atoms with van der Waals surface area (Å²) in [4.78, 5) is 24.0. The van der Waals surface area contributed by atoms with Crippen molar-refractivity contribution in [1.29, 1.82) is 0 Å². The third-order valence-corrected chi connectivity index (χ3v) is 2.95. The van der Waals surface area contributed by atoms with Gasteiger partial charge in [-0.1, -0.05) is 6.42 Å². The van der Waals surface area contributed by atoms with Crippen molar-refractivity contribution in [2.45, 2.75) is 44.8 Å². The molecular formula is C10H15NO3. The van der Waals surface area contributed by atoms with E-state index in [0.717, 1.165) is 25.7 Å². The number of hydrogen-bond acceptors (Lipinski definition) is 3. The molecule has 1 saturated heterocycles. The molecule has 0 N–H and O–H groups in total. The van der Waals surface area contributed by atoms with Gasteiger partial charge >= 0.3 is 6.09 Å². The maximum atomic E-state index is 11.4. The largest absolute Gasteiger partial charge is 0.444 e. The number of rotatable bonds is 2. The highest BCUT2D eigenvalue weighted by Crippen LogP contribution is 2.31. The second kappa shape index (κ2) is 3.59. The fourth-order valence-corrected chi connectivity index (χ4v) is 2.33. The molecule has 1 aliphatic carbocycles. The van der Waals surface area contributed by atoms with Crippen LogP contribution in [0.5, 0.6) is 0 Å². The van der Waals surface area contributed by atoms with Gasteiger partial charge in [0.2, 0.25) is 0 Å². The van der Waals surface area contributed by atoms with Gasteiger partial charge in [0.15, 0.2) is 0 Å². The molecule has 2 unspecified atom stereocenters. The Labute approximate surface area is 83.2 Å². The van der Waals surface area contributed by atoms with E-state index in [1.165, 1.54) is 6.92 Å². The van der Waals surface area contributed by atoms with Gasteiger partial charge in [0, 0.05) is 0 Å². The molecule has 2 rings (SSSR count). The summed E-state index contributed by atoms with van der Waals surface area (Å²) in [5.41, 5.74) is 0. The highest BCUT2D eigenvalue weighted by molar-refractivity contribution is 5.83. The predicted octanol–water partition coefficient (Wildman–Crippen LogP) is 1.34. The van der Waals surface area contributed by atoms with Crippen LogP contribution in [0.2, 0.25) is 0 Å². The summed E-state index contributed by atoms with van der Waals surface area (Å²) in [7, 11) is 0. The van der Waals surface area contributed by atoms with Crippen LogP contribution in [-0.4, -0.2) is 35.5 Å². The van der Waals surface area contributed by atoms with Crippen LogP contribution in [0, 0.1) is 0 Å². The molecule has 4 heteroatoms. The van der Waals surface area contributed by atoms with Crippen LogP contribution in [0.3, 0.4) is 0 Å². The molecular weight excluding hydrogens is 182 g/mol. The van der Waals surface area contributed by atoms with Crippen molar-refractivity contribution >= 4 is 11.9 Å². The van der Waals surface area contributed by atoms with Gasteiger partial charge in [0.1, 0.15) is 11.9 Å². The Morgan fingerprint density at radius 2 is 2.21 bits per heavy atom. The van der Waals surface area contributed by atoms with Gasteiger partial charge in [-0.3, -0.25) is 9.69 Å². The molecule has 1 aliphatic heterocycles. The van der Waals surface area contributed by atoms with E-state index in [9.17, 15) is 9.59 Å². The van der Waals surface area contributed by atoms with Crippen LogP contribution in [0.1, 0.15) is 32.6 Å². The predicted molar refractivity (Wildman–Crippen MR) is 49.9 cm³/mol. The maximum Gasteiger partial charge on any atom is 0.410 e. The first-order valence-electron chi connectivity index (χ1n) is 5.15. The molecule has 1 saturated carbocycles. The number of carbonyl (C=O) groups excluding carboxylic acids is 2. The van der Waals surface area contributed by atoms with Crippen molar-refractivity contribution in [3.8, 4) is 0 Å². The molecule has 0 aromatic carbocycles. The van der Waals surface area contributed by atoms with E-state index in [2.05, 4.69) is 0 Å². The lowest BCUT2D eigenvalue weighted by molar-refractivity contribution is -0.117. The zero-order valence-electron chi connectivity index (χ0n) is 8.36. The van der Waals surface area contributed by atoms with E-state index in [1.54, 1.807) is 4.90 Å². The van der Waals surface area contributed by atoms with Crippen molar-refractivity contribution in [3.05, 3.63) is 0 Å². The third kappa shape index (κ3) is 1.61. The highest BCUT2D eigenvalue weighted by Gasteiger charge is 2.42. The fourth-order valence-electron chi connectivity index (χ4n) is 2.33. The summed E-state index contributed by atoms with van der Waals surface area (Å²) in [6, 6.07) is 0.153. The van der Waals surface area contributed by atoms with E-state index in [-0.39, 0.29) is 30.6 Å². The molecule has 14 heavy (non-hydrogen) atoms. The number of hydrogen-bond donors (Lipinski definition) is 0. The Kier molecular flexibility index (Phi) is 2.44. The molecule has 0 aromatic rings. The van der Waals surface area contributed by atoms with Gasteiger partial charge in [-0.25, -0.2) is 4.79 Å². The Morgan fingerprint density at radius 1 is 1.50 bits per heavy atom. The summed E-state index contributed by atoms with van der Waals surface area (Å²) >= 11 is 0. The molecule has 0 aromatic heterocycles. The first kappa shape index (κ1) is 9.49. The minimum Gasteiger partial charge on any atom is -0.444 e. The lowest BCUT2D eigenvalue weighted by atomic mass is 9.92. The number of carbonyl (C=O) groups is 2. The molecule has 78 valence electrons. The third-order valence-electron chi connectivity index (χ3n) is 2.95. The zero-order valence-corrected chi connectivity index (χ0v) is 8.36. The van der Waals surface area contributed by atoms with Crippen molar-refractivity contribution in [1.82, 2.24) is 4.90 Å². The fraction of sp³-hybridized carbons (Fsp3) is 0.800. The van der Waals surface area contributed by atoms with E-state index in [0.29, 0.717) is 0 Å².